The largest absolute Gasteiger partial charge is 0.356 e. The number of nitrogens with zero attached hydrogens (tertiary/aromatic N) is 2. The van der Waals surface area contributed by atoms with Crippen LogP contribution in [-0.2, 0) is 6.42 Å². The summed E-state index contributed by atoms with van der Waals surface area (Å²) in [4.78, 5) is 13.6. The Labute approximate surface area is 188 Å². The van der Waals surface area contributed by atoms with Crippen LogP contribution in [0.1, 0.15) is 19.2 Å². The summed E-state index contributed by atoms with van der Waals surface area (Å²) in [6.07, 6.45) is 1.91. The monoisotopic (exact) mass is 509 g/mol. The molecule has 1 atom stereocenters. The average Bonchev–Trinajstić information content (AvgIpc) is 3.11. The molecular weight excluding hydrogens is 481 g/mol. The molecule has 0 aliphatic heterocycles. The van der Waals surface area contributed by atoms with Crippen LogP contribution in [0, 0.1) is 0 Å². The van der Waals surface area contributed by atoms with Crippen LogP contribution in [0.2, 0.25) is 0 Å². The molecule has 7 heteroatoms. The summed E-state index contributed by atoms with van der Waals surface area (Å²) < 4.78 is 0. The van der Waals surface area contributed by atoms with E-state index in [1.165, 1.54) is 4.90 Å². The zero-order chi connectivity index (χ0) is 18.9. The molecule has 3 N–H and O–H groups in total. The first-order valence-electron chi connectivity index (χ1n) is 9.34. The third kappa shape index (κ3) is 7.01. The van der Waals surface area contributed by atoms with Gasteiger partial charge in [0, 0.05) is 36.7 Å². The third-order valence-electron chi connectivity index (χ3n) is 4.18. The van der Waals surface area contributed by atoms with Gasteiger partial charge in [0.05, 0.1) is 11.0 Å². The zero-order valence-electron chi connectivity index (χ0n) is 16.3. The number of para-hydroxylation sites is 2. The molecule has 150 valence electrons. The van der Waals surface area contributed by atoms with Crippen LogP contribution in [0.4, 0.5) is 0 Å². The van der Waals surface area contributed by atoms with Crippen molar-refractivity contribution in [2.45, 2.75) is 29.9 Å². The summed E-state index contributed by atoms with van der Waals surface area (Å²) in [6.45, 7) is 3.94. The Morgan fingerprint density at radius 2 is 1.86 bits per heavy atom. The first-order valence-corrected chi connectivity index (χ1v) is 10.2. The SMILES string of the molecule is CN=C(NCCCc1nc2ccccc2[nH]1)NCC(C)Sc1ccccc1.I. The second-order valence-corrected chi connectivity index (χ2v) is 7.94. The molecule has 3 aromatic rings. The quantitative estimate of drug-likeness (QED) is 0.138. The van der Waals surface area contributed by atoms with Crippen molar-refractivity contribution < 1.29 is 0 Å². The summed E-state index contributed by atoms with van der Waals surface area (Å²) in [5.74, 6) is 1.88. The number of benzene rings is 2. The highest BCUT2D eigenvalue weighted by molar-refractivity contribution is 14.0. The zero-order valence-corrected chi connectivity index (χ0v) is 19.5. The van der Waals surface area contributed by atoms with Crippen LogP contribution in [0.15, 0.2) is 64.5 Å². The number of thioether (sulfide) groups is 1. The number of hydrogen-bond donors (Lipinski definition) is 3. The van der Waals surface area contributed by atoms with Crippen molar-refractivity contribution in [3.63, 3.8) is 0 Å². The Hall–Kier alpha value is -1.74. The van der Waals surface area contributed by atoms with Crippen molar-refractivity contribution in [2.24, 2.45) is 4.99 Å². The molecule has 2 aromatic carbocycles. The van der Waals surface area contributed by atoms with E-state index in [1.54, 1.807) is 0 Å². The molecule has 0 saturated heterocycles. The highest BCUT2D eigenvalue weighted by Gasteiger charge is 2.06. The van der Waals surface area contributed by atoms with Gasteiger partial charge in [-0.15, -0.1) is 35.7 Å². The predicted molar refractivity (Wildman–Crippen MR) is 131 cm³/mol. The number of halogens is 1. The molecule has 1 heterocycles. The molecule has 1 aromatic heterocycles. The normalized spacial score (nSPS) is 12.4. The van der Waals surface area contributed by atoms with Gasteiger partial charge in [0.1, 0.15) is 5.82 Å². The first-order chi connectivity index (χ1) is 13.2. The highest BCUT2D eigenvalue weighted by atomic mass is 127. The van der Waals surface area contributed by atoms with E-state index in [-0.39, 0.29) is 24.0 Å². The number of imidazole rings is 1. The van der Waals surface area contributed by atoms with Crippen molar-refractivity contribution in [3.8, 4) is 0 Å². The fraction of sp³-hybridized carbons (Fsp3) is 0.333. The van der Waals surface area contributed by atoms with Gasteiger partial charge in [-0.1, -0.05) is 37.3 Å². The highest BCUT2D eigenvalue weighted by Crippen LogP contribution is 2.21. The lowest BCUT2D eigenvalue weighted by atomic mass is 10.3. The standard InChI is InChI=1S/C21H27N5S.HI/c1-16(27-17-9-4-3-5-10-17)15-24-21(22-2)23-14-8-13-20-25-18-11-6-7-12-19(18)26-20;/h3-7,9-12,16H,8,13-15H2,1-2H3,(H,25,26)(H2,22,23,24);1H. The lowest BCUT2D eigenvalue weighted by Crippen LogP contribution is -2.40. The summed E-state index contributed by atoms with van der Waals surface area (Å²) >= 11 is 1.87. The second kappa shape index (κ2) is 12.0. The maximum atomic E-state index is 4.62. The van der Waals surface area contributed by atoms with Gasteiger partial charge < -0.3 is 15.6 Å². The Balaban J connectivity index is 0.00000280. The van der Waals surface area contributed by atoms with Crippen molar-refractivity contribution in [1.82, 2.24) is 20.6 Å². The minimum absolute atomic E-state index is 0. The lowest BCUT2D eigenvalue weighted by molar-refractivity contribution is 0.723. The van der Waals surface area contributed by atoms with Gasteiger partial charge in [-0.05, 0) is 30.7 Å². The van der Waals surface area contributed by atoms with Gasteiger partial charge in [0.2, 0.25) is 0 Å². The van der Waals surface area contributed by atoms with E-state index >= 15 is 0 Å². The first kappa shape index (κ1) is 22.5. The number of aromatic nitrogens is 2. The number of nitrogens with one attached hydrogen (secondary N) is 3. The van der Waals surface area contributed by atoms with Crippen molar-refractivity contribution in [1.29, 1.82) is 0 Å². The fourth-order valence-electron chi connectivity index (χ4n) is 2.82. The van der Waals surface area contributed by atoms with E-state index in [2.05, 4.69) is 62.8 Å². The number of guanidine groups is 1. The number of aryl methyl sites for hydroxylation is 1. The minimum atomic E-state index is 0. The molecule has 5 nitrogen and oxygen atoms in total. The number of H-pyrrole nitrogens is 1. The number of aliphatic imine (C=N–C) groups is 1. The van der Waals surface area contributed by atoms with E-state index < -0.39 is 0 Å². The Morgan fingerprint density at radius 1 is 1.11 bits per heavy atom. The average molecular weight is 509 g/mol. The second-order valence-electron chi connectivity index (χ2n) is 6.43. The van der Waals surface area contributed by atoms with Crippen LogP contribution in [-0.4, -0.2) is 41.3 Å². The van der Waals surface area contributed by atoms with Crippen molar-refractivity contribution >= 4 is 52.7 Å². The molecule has 1 unspecified atom stereocenters. The van der Waals surface area contributed by atoms with E-state index in [0.29, 0.717) is 5.25 Å². The maximum Gasteiger partial charge on any atom is 0.191 e. The molecule has 0 spiro atoms. The van der Waals surface area contributed by atoms with Gasteiger partial charge >= 0.3 is 0 Å². The fourth-order valence-corrected chi connectivity index (χ4v) is 3.77. The smallest absolute Gasteiger partial charge is 0.191 e. The molecule has 0 radical (unpaired) electrons. The van der Waals surface area contributed by atoms with Crippen molar-refractivity contribution in [3.05, 3.63) is 60.4 Å². The summed E-state index contributed by atoms with van der Waals surface area (Å²) in [5.41, 5.74) is 2.13. The van der Waals surface area contributed by atoms with Crippen molar-refractivity contribution in [2.75, 3.05) is 20.1 Å². The topological polar surface area (TPSA) is 65.1 Å². The van der Waals surface area contributed by atoms with Crippen LogP contribution >= 0.6 is 35.7 Å². The van der Waals surface area contributed by atoms with Gasteiger partial charge in [0.25, 0.3) is 0 Å². The van der Waals surface area contributed by atoms with E-state index in [0.717, 1.165) is 48.7 Å². The predicted octanol–water partition coefficient (Wildman–Crippen LogP) is 4.46. The summed E-state index contributed by atoms with van der Waals surface area (Å²) in [5, 5.41) is 7.24. The van der Waals surface area contributed by atoms with Crippen LogP contribution in [0.5, 0.6) is 0 Å². The van der Waals surface area contributed by atoms with Gasteiger partial charge in [-0.2, -0.15) is 0 Å². The number of fused-ring (bicyclic) bond motifs is 1. The van der Waals surface area contributed by atoms with Crippen LogP contribution in [0.3, 0.4) is 0 Å². The summed E-state index contributed by atoms with van der Waals surface area (Å²) in [6, 6.07) is 18.6. The number of hydrogen-bond acceptors (Lipinski definition) is 3. The molecule has 0 bridgehead atoms. The molecule has 0 saturated carbocycles. The number of aromatic amines is 1. The van der Waals surface area contributed by atoms with E-state index in [1.807, 2.05) is 43.1 Å². The number of rotatable bonds is 8. The van der Waals surface area contributed by atoms with E-state index in [4.69, 9.17) is 0 Å². The van der Waals surface area contributed by atoms with Crippen LogP contribution < -0.4 is 10.6 Å². The minimum Gasteiger partial charge on any atom is -0.356 e. The van der Waals surface area contributed by atoms with E-state index in [9.17, 15) is 0 Å². The maximum absolute atomic E-state index is 4.62. The molecule has 0 fully saturated rings. The van der Waals surface area contributed by atoms with Gasteiger partial charge in [0.15, 0.2) is 5.96 Å². The van der Waals surface area contributed by atoms with Gasteiger partial charge in [-0.25, -0.2) is 4.98 Å². The molecule has 3 rings (SSSR count). The van der Waals surface area contributed by atoms with Crippen LogP contribution in [0.25, 0.3) is 11.0 Å². The molecule has 0 aliphatic carbocycles. The Kier molecular flexibility index (Phi) is 9.63. The lowest BCUT2D eigenvalue weighted by Gasteiger charge is -2.15. The van der Waals surface area contributed by atoms with Gasteiger partial charge in [-0.3, -0.25) is 4.99 Å². The molecule has 0 aliphatic rings. The summed E-state index contributed by atoms with van der Waals surface area (Å²) in [7, 11) is 1.81. The Morgan fingerprint density at radius 3 is 2.61 bits per heavy atom. The molecular formula is C21H28IN5S. The molecule has 28 heavy (non-hydrogen) atoms. The molecule has 0 amide bonds. The Bertz CT molecular complexity index is 832. The third-order valence-corrected chi connectivity index (χ3v) is 5.30.